The Hall–Kier alpha value is -1.28. The van der Waals surface area contributed by atoms with Gasteiger partial charge in [-0.2, -0.15) is 0 Å². The third-order valence-corrected chi connectivity index (χ3v) is 10.4. The van der Waals surface area contributed by atoms with Gasteiger partial charge in [0.1, 0.15) is 17.3 Å². The highest BCUT2D eigenvalue weighted by atomic mass is 16.6. The van der Waals surface area contributed by atoms with Gasteiger partial charge in [-0.05, 0) is 58.4 Å². The van der Waals surface area contributed by atoms with Crippen LogP contribution in [0.25, 0.3) is 0 Å². The van der Waals surface area contributed by atoms with Gasteiger partial charge in [0.05, 0.1) is 22.5 Å². The van der Waals surface area contributed by atoms with Gasteiger partial charge in [-0.1, -0.05) is 12.5 Å². The second kappa shape index (κ2) is 5.20. The van der Waals surface area contributed by atoms with Gasteiger partial charge >= 0.3 is 5.97 Å². The molecule has 5 aliphatic carbocycles. The van der Waals surface area contributed by atoms with Crippen LogP contribution in [0.5, 0.6) is 0 Å². The number of fused-ring (bicyclic) bond motifs is 1. The van der Waals surface area contributed by atoms with E-state index >= 15 is 0 Å². The topological polar surface area (TPSA) is 124 Å². The highest BCUT2D eigenvalue weighted by Crippen LogP contribution is 2.87. The molecule has 0 aromatic carbocycles. The van der Waals surface area contributed by atoms with Crippen LogP contribution in [-0.4, -0.2) is 61.2 Å². The molecule has 9 atom stereocenters. The first kappa shape index (κ1) is 20.6. The molecule has 166 valence electrons. The molecule has 0 aromatic rings. The first-order chi connectivity index (χ1) is 13.7. The Kier molecular flexibility index (Phi) is 3.57. The standard InChI is InChI=1S/C23H32O7/c1-11-6-8-21(29)17(27)23-19(21,4)14(11)15(25)16(26)20(23,5)18(3,28)10-13-7-9-22(13,23)30-12(2)24/h13,15,17,25,27-29H,6-10H2,1-5H3/t13-,15-,17-,18-,19+,20-,21-,22+,23?/m1/s1. The van der Waals surface area contributed by atoms with Gasteiger partial charge in [0.2, 0.25) is 0 Å². The van der Waals surface area contributed by atoms with Gasteiger partial charge in [0, 0.05) is 18.3 Å². The van der Waals surface area contributed by atoms with Crippen LogP contribution in [0.3, 0.4) is 0 Å². The summed E-state index contributed by atoms with van der Waals surface area (Å²) in [7, 11) is 0. The maximum absolute atomic E-state index is 13.8. The molecule has 0 amide bonds. The molecule has 0 radical (unpaired) electrons. The molecule has 4 N–H and O–H groups in total. The smallest absolute Gasteiger partial charge is 0.303 e. The number of rotatable bonds is 1. The van der Waals surface area contributed by atoms with Crippen molar-refractivity contribution in [1.82, 2.24) is 0 Å². The van der Waals surface area contributed by atoms with Crippen molar-refractivity contribution < 1.29 is 34.8 Å². The molecule has 30 heavy (non-hydrogen) atoms. The molecule has 0 aromatic heterocycles. The van der Waals surface area contributed by atoms with Crippen molar-refractivity contribution in [2.24, 2.45) is 22.2 Å². The molecule has 4 saturated carbocycles. The second-order valence-corrected chi connectivity index (χ2v) is 11.0. The number of ether oxygens (including phenoxy) is 1. The molecule has 4 fully saturated rings. The highest BCUT2D eigenvalue weighted by Gasteiger charge is 2.97. The lowest BCUT2D eigenvalue weighted by Gasteiger charge is -2.87. The normalized spacial score (nSPS) is 58.7. The number of aliphatic hydroxyl groups excluding tert-OH is 2. The van der Waals surface area contributed by atoms with E-state index in [1.165, 1.54) is 6.92 Å². The summed E-state index contributed by atoms with van der Waals surface area (Å²) >= 11 is 0. The van der Waals surface area contributed by atoms with Gasteiger partial charge < -0.3 is 25.2 Å². The lowest BCUT2D eigenvalue weighted by Crippen LogP contribution is -2.98. The van der Waals surface area contributed by atoms with Crippen molar-refractivity contribution in [3.8, 4) is 0 Å². The summed E-state index contributed by atoms with van der Waals surface area (Å²) in [5.41, 5.74) is -7.35. The number of esters is 1. The van der Waals surface area contributed by atoms with Crippen molar-refractivity contribution in [3.63, 3.8) is 0 Å². The Labute approximate surface area is 176 Å². The minimum absolute atomic E-state index is 0.219. The fourth-order valence-electron chi connectivity index (χ4n) is 9.14. The molecular weight excluding hydrogens is 388 g/mol. The molecule has 0 aliphatic heterocycles. The second-order valence-electron chi connectivity index (χ2n) is 11.0. The average Bonchev–Trinajstić information content (AvgIpc) is 2.64. The van der Waals surface area contributed by atoms with Crippen LogP contribution >= 0.6 is 0 Å². The van der Waals surface area contributed by atoms with Crippen LogP contribution < -0.4 is 0 Å². The number of ketones is 1. The molecule has 0 saturated heterocycles. The maximum Gasteiger partial charge on any atom is 0.303 e. The predicted octanol–water partition coefficient (Wildman–Crippen LogP) is 1.01. The van der Waals surface area contributed by atoms with Crippen molar-refractivity contribution in [2.45, 2.75) is 95.7 Å². The Morgan fingerprint density at radius 3 is 2.27 bits per heavy atom. The maximum atomic E-state index is 13.8. The lowest BCUT2D eigenvalue weighted by atomic mass is 9.17. The minimum atomic E-state index is -1.62. The van der Waals surface area contributed by atoms with Crippen LogP contribution in [0, 0.1) is 22.2 Å². The van der Waals surface area contributed by atoms with Crippen molar-refractivity contribution in [1.29, 1.82) is 0 Å². The van der Waals surface area contributed by atoms with Crippen molar-refractivity contribution >= 4 is 11.8 Å². The van der Waals surface area contributed by atoms with Gasteiger partial charge in [0.15, 0.2) is 5.78 Å². The third kappa shape index (κ3) is 1.52. The van der Waals surface area contributed by atoms with E-state index in [1.807, 2.05) is 6.92 Å². The monoisotopic (exact) mass is 420 g/mol. The van der Waals surface area contributed by atoms with E-state index in [4.69, 9.17) is 4.74 Å². The zero-order valence-corrected chi connectivity index (χ0v) is 18.3. The Bertz CT molecular complexity index is 923. The van der Waals surface area contributed by atoms with Crippen LogP contribution in [-0.2, 0) is 14.3 Å². The lowest BCUT2D eigenvalue weighted by molar-refractivity contribution is -0.460. The fraction of sp³-hybridized carbons (Fsp3) is 0.826. The number of hydrogen-bond donors (Lipinski definition) is 4. The first-order valence-electron chi connectivity index (χ1n) is 11.0. The summed E-state index contributed by atoms with van der Waals surface area (Å²) in [4.78, 5) is 26.1. The highest BCUT2D eigenvalue weighted by molar-refractivity contribution is 5.97. The zero-order valence-electron chi connectivity index (χ0n) is 18.3. The number of carbonyl (C=O) groups excluding carboxylic acids is 2. The fourth-order valence-corrected chi connectivity index (χ4v) is 9.14. The summed E-state index contributed by atoms with van der Waals surface area (Å²) in [6.45, 7) is 8.11. The Morgan fingerprint density at radius 2 is 1.73 bits per heavy atom. The average molecular weight is 421 g/mol. The molecule has 0 heterocycles. The number of allylic oxidation sites excluding steroid dienone is 1. The zero-order chi connectivity index (χ0) is 22.3. The molecular formula is C23H32O7. The summed E-state index contributed by atoms with van der Waals surface area (Å²) in [6, 6.07) is 0. The molecule has 0 bridgehead atoms. The minimum Gasteiger partial charge on any atom is -0.458 e. The van der Waals surface area contributed by atoms with E-state index in [1.54, 1.807) is 20.8 Å². The van der Waals surface area contributed by atoms with Crippen LogP contribution in [0.1, 0.15) is 66.7 Å². The summed E-state index contributed by atoms with van der Waals surface area (Å²) in [5, 5.41) is 46.4. The van der Waals surface area contributed by atoms with E-state index in [2.05, 4.69) is 0 Å². The molecule has 5 rings (SSSR count). The summed E-state index contributed by atoms with van der Waals surface area (Å²) in [6.07, 6.45) is -0.773. The predicted molar refractivity (Wildman–Crippen MR) is 105 cm³/mol. The van der Waals surface area contributed by atoms with Crippen LogP contribution in [0.2, 0.25) is 0 Å². The van der Waals surface area contributed by atoms with Gasteiger partial charge in [-0.3, -0.25) is 9.59 Å². The SMILES string of the molecule is CC(=O)O[C@@]12CC[C@@H]1C[C@@](C)(O)[C@@]1(C)C(=O)[C@H](O)C3=C(C)CC[C@@]4(O)[C@@H](O)C21[C@@]34C. The molecule has 5 aliphatic rings. The Balaban J connectivity index is 1.93. The Morgan fingerprint density at radius 1 is 1.10 bits per heavy atom. The number of aliphatic hydroxyl groups is 4. The molecule has 1 unspecified atom stereocenters. The number of carbonyl (C=O) groups is 2. The molecule has 1 spiro atoms. The first-order valence-corrected chi connectivity index (χ1v) is 11.0. The van der Waals surface area contributed by atoms with Gasteiger partial charge in [0.25, 0.3) is 0 Å². The third-order valence-electron chi connectivity index (χ3n) is 10.4. The summed E-state index contributed by atoms with van der Waals surface area (Å²) < 4.78 is 6.02. The summed E-state index contributed by atoms with van der Waals surface area (Å²) in [5.74, 6) is -1.33. The van der Waals surface area contributed by atoms with E-state index < -0.39 is 57.0 Å². The molecule has 7 nitrogen and oxygen atoms in total. The number of hydrogen-bond acceptors (Lipinski definition) is 7. The van der Waals surface area contributed by atoms with E-state index in [0.29, 0.717) is 24.8 Å². The quantitative estimate of drug-likeness (QED) is 0.369. The largest absolute Gasteiger partial charge is 0.458 e. The van der Waals surface area contributed by atoms with Crippen molar-refractivity contribution in [2.75, 3.05) is 0 Å². The van der Waals surface area contributed by atoms with E-state index in [9.17, 15) is 30.0 Å². The number of Topliss-reactive ketones (excluding diaryl/α,β-unsaturated/α-hetero) is 1. The van der Waals surface area contributed by atoms with E-state index in [0.717, 1.165) is 5.57 Å². The molecule has 7 heteroatoms. The van der Waals surface area contributed by atoms with Crippen LogP contribution in [0.15, 0.2) is 11.1 Å². The van der Waals surface area contributed by atoms with Gasteiger partial charge in [-0.15, -0.1) is 0 Å². The van der Waals surface area contributed by atoms with E-state index in [-0.39, 0.29) is 18.8 Å². The van der Waals surface area contributed by atoms with Crippen molar-refractivity contribution in [3.05, 3.63) is 11.1 Å². The van der Waals surface area contributed by atoms with Crippen LogP contribution in [0.4, 0.5) is 0 Å². The van der Waals surface area contributed by atoms with Gasteiger partial charge in [-0.25, -0.2) is 0 Å².